The molecule has 3 rings (SSSR count). The molecule has 1 aromatic carbocycles. The van der Waals surface area contributed by atoms with Gasteiger partial charge in [0.1, 0.15) is 5.82 Å². The third kappa shape index (κ3) is 4.71. The molecule has 0 aliphatic carbocycles. The van der Waals surface area contributed by atoms with Crippen molar-refractivity contribution < 1.29 is 18.0 Å². The number of hydrogen-bond acceptors (Lipinski definition) is 5. The van der Waals surface area contributed by atoms with Gasteiger partial charge in [-0.05, 0) is 25.0 Å². The van der Waals surface area contributed by atoms with Gasteiger partial charge in [-0.25, -0.2) is 4.98 Å². The molecule has 1 aliphatic rings. The number of carbonyl (C=O) groups excluding carboxylic acids is 1. The van der Waals surface area contributed by atoms with Crippen molar-refractivity contribution >= 4 is 23.4 Å². The first-order valence-corrected chi connectivity index (χ1v) is 8.98. The van der Waals surface area contributed by atoms with Gasteiger partial charge in [0, 0.05) is 44.9 Å². The van der Waals surface area contributed by atoms with Crippen LogP contribution in [0.4, 0.5) is 30.6 Å². The number of carbonyl (C=O) groups is 1. The van der Waals surface area contributed by atoms with Gasteiger partial charge in [0.15, 0.2) is 5.69 Å². The molecule has 6 nitrogen and oxygen atoms in total. The van der Waals surface area contributed by atoms with Gasteiger partial charge in [-0.15, -0.1) is 0 Å². The lowest BCUT2D eigenvalue weighted by Crippen LogP contribution is -2.39. The maximum Gasteiger partial charge on any atom is 0.433 e. The summed E-state index contributed by atoms with van der Waals surface area (Å²) in [6, 6.07) is 10.1. The molecule has 0 saturated carbocycles. The van der Waals surface area contributed by atoms with Crippen LogP contribution in [0.1, 0.15) is 18.5 Å². The molecule has 0 unspecified atom stereocenters. The lowest BCUT2D eigenvalue weighted by Gasteiger charge is -2.32. The fourth-order valence-corrected chi connectivity index (χ4v) is 3.05. The molecule has 0 radical (unpaired) electrons. The Hall–Kier alpha value is -2.84. The molecule has 0 bridgehead atoms. The summed E-state index contributed by atoms with van der Waals surface area (Å²) >= 11 is 0. The second kappa shape index (κ2) is 8.04. The summed E-state index contributed by atoms with van der Waals surface area (Å²) in [5.74, 6) is -0.0397. The number of aromatic nitrogens is 2. The summed E-state index contributed by atoms with van der Waals surface area (Å²) < 4.78 is 39.5. The summed E-state index contributed by atoms with van der Waals surface area (Å²) in [7, 11) is 3.26. The van der Waals surface area contributed by atoms with Crippen molar-refractivity contribution in [3.05, 3.63) is 42.1 Å². The van der Waals surface area contributed by atoms with Crippen molar-refractivity contribution in [2.24, 2.45) is 5.92 Å². The molecule has 0 atom stereocenters. The van der Waals surface area contributed by atoms with E-state index < -0.39 is 11.9 Å². The van der Waals surface area contributed by atoms with Gasteiger partial charge < -0.3 is 15.1 Å². The lowest BCUT2D eigenvalue weighted by atomic mass is 9.96. The van der Waals surface area contributed by atoms with Gasteiger partial charge in [0.25, 0.3) is 0 Å². The Bertz CT molecular complexity index is 818. The average Bonchev–Trinajstić information content (AvgIpc) is 2.68. The number of piperidine rings is 1. The molecular weight excluding hydrogens is 371 g/mol. The molecule has 1 aromatic heterocycles. The topological polar surface area (TPSA) is 61.4 Å². The highest BCUT2D eigenvalue weighted by Crippen LogP contribution is 2.32. The average molecular weight is 393 g/mol. The Labute approximate surface area is 161 Å². The Kier molecular flexibility index (Phi) is 5.71. The number of nitrogens with zero attached hydrogens (tertiary/aromatic N) is 4. The van der Waals surface area contributed by atoms with Crippen LogP contribution in [0.15, 0.2) is 36.4 Å². The zero-order valence-electron chi connectivity index (χ0n) is 15.7. The van der Waals surface area contributed by atoms with E-state index in [1.165, 1.54) is 4.90 Å². The van der Waals surface area contributed by atoms with E-state index in [9.17, 15) is 18.0 Å². The predicted octanol–water partition coefficient (Wildman–Crippen LogP) is 3.42. The minimum atomic E-state index is -4.55. The second-order valence-corrected chi connectivity index (χ2v) is 6.92. The van der Waals surface area contributed by atoms with Crippen molar-refractivity contribution in [1.29, 1.82) is 0 Å². The Balaban J connectivity index is 1.69. The van der Waals surface area contributed by atoms with Crippen molar-refractivity contribution in [3.8, 4) is 0 Å². The summed E-state index contributed by atoms with van der Waals surface area (Å²) in [4.78, 5) is 23.6. The van der Waals surface area contributed by atoms with E-state index in [0.717, 1.165) is 11.8 Å². The van der Waals surface area contributed by atoms with E-state index in [1.54, 1.807) is 19.0 Å². The van der Waals surface area contributed by atoms with Crippen molar-refractivity contribution in [1.82, 2.24) is 9.97 Å². The zero-order chi connectivity index (χ0) is 20.3. The Morgan fingerprint density at radius 2 is 1.79 bits per heavy atom. The minimum Gasteiger partial charge on any atom is -0.363 e. The van der Waals surface area contributed by atoms with Crippen molar-refractivity contribution in [2.45, 2.75) is 19.0 Å². The van der Waals surface area contributed by atoms with Gasteiger partial charge >= 0.3 is 6.18 Å². The van der Waals surface area contributed by atoms with Crippen LogP contribution in [-0.2, 0) is 11.0 Å². The molecule has 9 heteroatoms. The number of halogens is 3. The van der Waals surface area contributed by atoms with Crippen LogP contribution in [-0.4, -0.2) is 43.1 Å². The highest BCUT2D eigenvalue weighted by atomic mass is 19.4. The Morgan fingerprint density at radius 3 is 2.36 bits per heavy atom. The molecule has 1 saturated heterocycles. The molecule has 1 fully saturated rings. The smallest absolute Gasteiger partial charge is 0.363 e. The van der Waals surface area contributed by atoms with Crippen molar-refractivity contribution in [3.63, 3.8) is 0 Å². The first kappa shape index (κ1) is 19.9. The predicted molar refractivity (Wildman–Crippen MR) is 101 cm³/mol. The maximum atomic E-state index is 13.2. The van der Waals surface area contributed by atoms with Crippen LogP contribution in [0, 0.1) is 5.92 Å². The normalized spacial score (nSPS) is 15.4. The largest absolute Gasteiger partial charge is 0.433 e. The van der Waals surface area contributed by atoms with Crippen LogP contribution >= 0.6 is 0 Å². The SMILES string of the molecule is CN(C)c1cc(C(F)(F)F)nc(N2CCC(C(=O)Nc3ccccc3)CC2)n1. The van der Waals surface area contributed by atoms with Crippen LogP contribution in [0.5, 0.6) is 0 Å². The third-order valence-corrected chi connectivity index (χ3v) is 4.64. The minimum absolute atomic E-state index is 0.0421. The number of alkyl halides is 3. The van der Waals surface area contributed by atoms with Crippen LogP contribution in [0.3, 0.4) is 0 Å². The number of benzene rings is 1. The van der Waals surface area contributed by atoms with Gasteiger partial charge in [-0.2, -0.15) is 18.2 Å². The first-order valence-electron chi connectivity index (χ1n) is 8.98. The number of rotatable bonds is 4. The van der Waals surface area contributed by atoms with Gasteiger partial charge in [-0.1, -0.05) is 18.2 Å². The third-order valence-electron chi connectivity index (χ3n) is 4.64. The molecule has 0 spiro atoms. The molecule has 2 heterocycles. The fraction of sp³-hybridized carbons (Fsp3) is 0.421. The molecule has 1 N–H and O–H groups in total. The van der Waals surface area contributed by atoms with Gasteiger partial charge in [0.05, 0.1) is 0 Å². The second-order valence-electron chi connectivity index (χ2n) is 6.92. The van der Waals surface area contributed by atoms with E-state index in [0.29, 0.717) is 25.9 Å². The number of amides is 1. The van der Waals surface area contributed by atoms with Crippen LogP contribution < -0.4 is 15.1 Å². The number of para-hydroxylation sites is 1. The zero-order valence-corrected chi connectivity index (χ0v) is 15.7. The summed E-state index contributed by atoms with van der Waals surface area (Å²) in [5, 5.41) is 2.88. The van der Waals surface area contributed by atoms with E-state index >= 15 is 0 Å². The quantitative estimate of drug-likeness (QED) is 0.863. The maximum absolute atomic E-state index is 13.2. The molecule has 2 aromatic rings. The number of hydrogen-bond donors (Lipinski definition) is 1. The van der Waals surface area contributed by atoms with Crippen LogP contribution in [0.25, 0.3) is 0 Å². The van der Waals surface area contributed by atoms with Gasteiger partial charge in [0.2, 0.25) is 11.9 Å². The monoisotopic (exact) mass is 393 g/mol. The molecular formula is C19H22F3N5O. The lowest BCUT2D eigenvalue weighted by molar-refractivity contribution is -0.141. The van der Waals surface area contributed by atoms with E-state index in [1.807, 2.05) is 30.3 Å². The number of anilines is 3. The summed E-state index contributed by atoms with van der Waals surface area (Å²) in [6.07, 6.45) is -3.50. The fourth-order valence-electron chi connectivity index (χ4n) is 3.05. The Morgan fingerprint density at radius 1 is 1.14 bits per heavy atom. The highest BCUT2D eigenvalue weighted by Gasteiger charge is 2.35. The molecule has 150 valence electrons. The van der Waals surface area contributed by atoms with E-state index in [4.69, 9.17) is 0 Å². The van der Waals surface area contributed by atoms with Crippen molar-refractivity contribution in [2.75, 3.05) is 42.3 Å². The molecule has 1 amide bonds. The van der Waals surface area contributed by atoms with Crippen LogP contribution in [0.2, 0.25) is 0 Å². The summed E-state index contributed by atoms with van der Waals surface area (Å²) in [6.45, 7) is 0.835. The number of nitrogens with one attached hydrogen (secondary N) is 1. The highest BCUT2D eigenvalue weighted by molar-refractivity contribution is 5.92. The summed E-state index contributed by atoms with van der Waals surface area (Å²) in [5.41, 5.74) is -0.239. The standard InChI is InChI=1S/C19H22F3N5O/c1-26(2)16-12-15(19(20,21)22)24-18(25-16)27-10-8-13(9-11-27)17(28)23-14-6-4-3-5-7-14/h3-7,12-13H,8-11H2,1-2H3,(H,23,28). The van der Waals surface area contributed by atoms with Gasteiger partial charge in [-0.3, -0.25) is 4.79 Å². The molecule has 1 aliphatic heterocycles. The molecule has 28 heavy (non-hydrogen) atoms. The first-order chi connectivity index (χ1) is 13.2. The van der Waals surface area contributed by atoms with E-state index in [-0.39, 0.29) is 23.6 Å². The van der Waals surface area contributed by atoms with E-state index in [2.05, 4.69) is 15.3 Å².